The van der Waals surface area contributed by atoms with Gasteiger partial charge in [0, 0.05) is 13.0 Å². The van der Waals surface area contributed by atoms with Crippen LogP contribution in [0, 0.1) is 0 Å². The fourth-order valence-corrected chi connectivity index (χ4v) is 1.76. The van der Waals surface area contributed by atoms with E-state index in [4.69, 9.17) is 4.74 Å². The first-order valence-corrected chi connectivity index (χ1v) is 5.62. The molecule has 1 fully saturated rings. The van der Waals surface area contributed by atoms with Gasteiger partial charge in [-0.25, -0.2) is 9.59 Å². The Morgan fingerprint density at radius 1 is 1.44 bits per heavy atom. The lowest BCUT2D eigenvalue weighted by Gasteiger charge is -2.27. The molecule has 1 unspecified atom stereocenters. The normalized spacial score (nSPS) is 23.6. The van der Waals surface area contributed by atoms with Gasteiger partial charge in [-0.15, -0.1) is 0 Å². The number of nitrogens with zero attached hydrogens (tertiary/aromatic N) is 1. The van der Waals surface area contributed by atoms with Gasteiger partial charge in [-0.1, -0.05) is 0 Å². The Kier molecular flexibility index (Phi) is 3.83. The summed E-state index contributed by atoms with van der Waals surface area (Å²) in [4.78, 5) is 34.8. The van der Waals surface area contributed by atoms with Crippen LogP contribution in [0.1, 0.15) is 27.2 Å². The second-order valence-corrected chi connectivity index (χ2v) is 5.34. The van der Waals surface area contributed by atoms with Crippen molar-refractivity contribution in [3.63, 3.8) is 0 Å². The Morgan fingerprint density at radius 2 is 2.06 bits per heavy atom. The minimum atomic E-state index is -1.46. The quantitative estimate of drug-likeness (QED) is 0.705. The topological polar surface area (TPSA) is 95.9 Å². The molecule has 102 valence electrons. The molecule has 0 bridgehead atoms. The third-order valence-corrected chi connectivity index (χ3v) is 2.60. The number of aliphatic carboxylic acids is 1. The molecule has 1 aliphatic heterocycles. The molecule has 1 atom stereocenters. The molecule has 0 saturated carbocycles. The highest BCUT2D eigenvalue weighted by Crippen LogP contribution is 2.21. The van der Waals surface area contributed by atoms with E-state index in [0.717, 1.165) is 0 Å². The summed E-state index contributed by atoms with van der Waals surface area (Å²) in [5, 5.41) is 11.6. The average molecular weight is 258 g/mol. The molecule has 2 amide bonds. The van der Waals surface area contributed by atoms with Crippen molar-refractivity contribution < 1.29 is 24.2 Å². The molecule has 0 radical (unpaired) electrons. The van der Waals surface area contributed by atoms with Gasteiger partial charge < -0.3 is 20.1 Å². The zero-order valence-electron chi connectivity index (χ0n) is 10.7. The van der Waals surface area contributed by atoms with Gasteiger partial charge in [0.25, 0.3) is 0 Å². The molecular formula is C11H18N2O5. The molecular weight excluding hydrogens is 240 g/mol. The molecule has 1 aliphatic rings. The fourth-order valence-electron chi connectivity index (χ4n) is 1.76. The Balaban J connectivity index is 2.74. The first-order chi connectivity index (χ1) is 8.18. The van der Waals surface area contributed by atoms with E-state index in [1.807, 2.05) is 0 Å². The number of hydrogen-bond acceptors (Lipinski definition) is 4. The van der Waals surface area contributed by atoms with Gasteiger partial charge in [0.05, 0.1) is 6.54 Å². The minimum absolute atomic E-state index is 0.0505. The third-order valence-electron chi connectivity index (χ3n) is 2.60. The van der Waals surface area contributed by atoms with E-state index in [1.54, 1.807) is 20.8 Å². The zero-order valence-corrected chi connectivity index (χ0v) is 10.7. The van der Waals surface area contributed by atoms with Crippen molar-refractivity contribution >= 4 is 18.5 Å². The smallest absolute Gasteiger partial charge is 0.408 e. The third kappa shape index (κ3) is 3.35. The van der Waals surface area contributed by atoms with Crippen LogP contribution in [0.25, 0.3) is 0 Å². The van der Waals surface area contributed by atoms with Crippen molar-refractivity contribution in [2.24, 2.45) is 0 Å². The summed E-state index contributed by atoms with van der Waals surface area (Å²) >= 11 is 0. The SMILES string of the molecule is CC(C)(C)OC(=O)NC1(C(=O)O)CCN(C=O)C1. The summed E-state index contributed by atoms with van der Waals surface area (Å²) in [7, 11) is 0. The molecule has 0 spiro atoms. The molecule has 1 rings (SSSR count). The molecule has 0 aromatic carbocycles. The van der Waals surface area contributed by atoms with Crippen LogP contribution >= 0.6 is 0 Å². The van der Waals surface area contributed by atoms with Gasteiger partial charge in [-0.05, 0) is 20.8 Å². The Labute approximate surface area is 105 Å². The Bertz CT molecular complexity index is 363. The van der Waals surface area contributed by atoms with Crippen LogP contribution in [0.5, 0.6) is 0 Å². The van der Waals surface area contributed by atoms with Gasteiger partial charge >= 0.3 is 12.1 Å². The van der Waals surface area contributed by atoms with Gasteiger partial charge in [0.15, 0.2) is 5.54 Å². The van der Waals surface area contributed by atoms with Gasteiger partial charge in [-0.3, -0.25) is 4.79 Å². The number of nitrogens with one attached hydrogen (secondary N) is 1. The number of ether oxygens (including phenoxy) is 1. The summed E-state index contributed by atoms with van der Waals surface area (Å²) in [6.07, 6.45) is -0.0560. The summed E-state index contributed by atoms with van der Waals surface area (Å²) < 4.78 is 5.02. The summed E-state index contributed by atoms with van der Waals surface area (Å²) in [5.74, 6) is -1.17. The molecule has 0 aliphatic carbocycles. The highest BCUT2D eigenvalue weighted by molar-refractivity contribution is 5.85. The van der Waals surface area contributed by atoms with Crippen molar-refractivity contribution in [1.82, 2.24) is 10.2 Å². The van der Waals surface area contributed by atoms with Crippen molar-refractivity contribution in [3.05, 3.63) is 0 Å². The van der Waals surface area contributed by atoms with Crippen molar-refractivity contribution in [2.45, 2.75) is 38.3 Å². The van der Waals surface area contributed by atoms with Gasteiger partial charge in [0.1, 0.15) is 5.60 Å². The number of amides is 2. The summed E-state index contributed by atoms with van der Waals surface area (Å²) in [6, 6.07) is 0. The monoisotopic (exact) mass is 258 g/mol. The van der Waals surface area contributed by atoms with Crippen LogP contribution in [-0.2, 0) is 14.3 Å². The second kappa shape index (κ2) is 4.83. The molecule has 0 aromatic heterocycles. The van der Waals surface area contributed by atoms with E-state index < -0.39 is 23.2 Å². The number of carbonyl (C=O) groups is 3. The molecule has 1 heterocycles. The van der Waals surface area contributed by atoms with Crippen molar-refractivity contribution in [2.75, 3.05) is 13.1 Å². The number of rotatable bonds is 3. The number of hydrogen-bond donors (Lipinski definition) is 2. The maximum Gasteiger partial charge on any atom is 0.408 e. The molecule has 1 saturated heterocycles. The lowest BCUT2D eigenvalue weighted by molar-refractivity contribution is -0.144. The first-order valence-electron chi connectivity index (χ1n) is 5.62. The molecule has 0 aromatic rings. The lowest BCUT2D eigenvalue weighted by Crippen LogP contribution is -2.57. The first kappa shape index (κ1) is 14.3. The van der Waals surface area contributed by atoms with E-state index in [1.165, 1.54) is 4.90 Å². The van der Waals surface area contributed by atoms with E-state index >= 15 is 0 Å². The van der Waals surface area contributed by atoms with Gasteiger partial charge in [-0.2, -0.15) is 0 Å². The van der Waals surface area contributed by atoms with Crippen LogP contribution < -0.4 is 5.32 Å². The number of likely N-dealkylation sites (tertiary alicyclic amines) is 1. The second-order valence-electron chi connectivity index (χ2n) is 5.34. The largest absolute Gasteiger partial charge is 0.479 e. The van der Waals surface area contributed by atoms with Crippen LogP contribution in [0.2, 0.25) is 0 Å². The standard InChI is InChI=1S/C11H18N2O5/c1-10(2,3)18-9(17)12-11(8(15)16)4-5-13(6-11)7-14/h7H,4-6H2,1-3H3,(H,12,17)(H,15,16). The summed E-state index contributed by atoms with van der Waals surface area (Å²) in [5.41, 5.74) is -2.16. The fraction of sp³-hybridized carbons (Fsp3) is 0.727. The predicted octanol–water partition coefficient (Wildman–Crippen LogP) is 0.197. The summed E-state index contributed by atoms with van der Waals surface area (Å²) in [6.45, 7) is 5.31. The lowest BCUT2D eigenvalue weighted by atomic mass is 9.99. The molecule has 7 nitrogen and oxygen atoms in total. The van der Waals surface area contributed by atoms with Crippen LogP contribution in [0.3, 0.4) is 0 Å². The molecule has 2 N–H and O–H groups in total. The van der Waals surface area contributed by atoms with E-state index in [0.29, 0.717) is 13.0 Å². The van der Waals surface area contributed by atoms with Gasteiger partial charge in [0.2, 0.25) is 6.41 Å². The molecule has 18 heavy (non-hydrogen) atoms. The zero-order chi connectivity index (χ0) is 14.0. The van der Waals surface area contributed by atoms with Crippen LogP contribution in [0.4, 0.5) is 4.79 Å². The average Bonchev–Trinajstić information content (AvgIpc) is 2.59. The van der Waals surface area contributed by atoms with E-state index in [-0.39, 0.29) is 13.0 Å². The van der Waals surface area contributed by atoms with Crippen molar-refractivity contribution in [3.8, 4) is 0 Å². The number of carbonyl (C=O) groups excluding carboxylic acids is 2. The Morgan fingerprint density at radius 3 is 2.44 bits per heavy atom. The number of carboxylic acids is 1. The maximum atomic E-state index is 11.6. The molecule has 7 heteroatoms. The van der Waals surface area contributed by atoms with Crippen molar-refractivity contribution in [1.29, 1.82) is 0 Å². The predicted molar refractivity (Wildman–Crippen MR) is 62.0 cm³/mol. The highest BCUT2D eigenvalue weighted by Gasteiger charge is 2.46. The highest BCUT2D eigenvalue weighted by atomic mass is 16.6. The number of carboxylic acid groups (broad SMARTS) is 1. The van der Waals surface area contributed by atoms with E-state index in [9.17, 15) is 19.5 Å². The van der Waals surface area contributed by atoms with Crippen LogP contribution in [0.15, 0.2) is 0 Å². The van der Waals surface area contributed by atoms with Crippen LogP contribution in [-0.4, -0.2) is 52.7 Å². The van der Waals surface area contributed by atoms with E-state index in [2.05, 4.69) is 5.32 Å². The maximum absolute atomic E-state index is 11.6. The number of alkyl carbamates (subject to hydrolysis) is 1. The Hall–Kier alpha value is -1.79. The minimum Gasteiger partial charge on any atom is -0.479 e.